The summed E-state index contributed by atoms with van der Waals surface area (Å²) >= 11 is 5.95. The number of carbonyl (C=O) groups is 1. The number of ether oxygens (including phenoxy) is 2. The smallest absolute Gasteiger partial charge is 0.337 e. The van der Waals surface area contributed by atoms with Gasteiger partial charge in [0.05, 0.1) is 29.8 Å². The van der Waals surface area contributed by atoms with E-state index < -0.39 is 17.7 Å². The highest BCUT2D eigenvalue weighted by Crippen LogP contribution is 2.43. The minimum absolute atomic E-state index is 0.209. The molecule has 0 unspecified atom stereocenters. The highest BCUT2D eigenvalue weighted by atomic mass is 35.5. The minimum Gasteiger partial charge on any atom is -0.492 e. The summed E-state index contributed by atoms with van der Waals surface area (Å²) in [5.41, 5.74) is 3.65. The number of anilines is 1. The number of aliphatic carboxylic acids is 1. The van der Waals surface area contributed by atoms with Crippen molar-refractivity contribution < 1.29 is 23.8 Å². The fourth-order valence-electron chi connectivity index (χ4n) is 5.04. The first-order valence-corrected chi connectivity index (χ1v) is 14.3. The number of rotatable bonds is 9. The Labute approximate surface area is 246 Å². The zero-order valence-corrected chi connectivity index (χ0v) is 25.4. The molecule has 3 heterocycles. The summed E-state index contributed by atoms with van der Waals surface area (Å²) in [5.74, 6) is -0.871. The van der Waals surface area contributed by atoms with E-state index in [0.717, 1.165) is 42.7 Å². The number of piperidine rings is 1. The Morgan fingerprint density at radius 1 is 1.15 bits per heavy atom. The summed E-state index contributed by atoms with van der Waals surface area (Å²) in [5, 5.41) is 10.6. The van der Waals surface area contributed by atoms with Gasteiger partial charge in [0.2, 0.25) is 0 Å². The number of carboxylic acids is 1. The normalized spacial score (nSPS) is 16.0. The molecule has 1 atom stereocenters. The van der Waals surface area contributed by atoms with Crippen LogP contribution in [0.3, 0.4) is 0 Å². The second-order valence-corrected chi connectivity index (χ2v) is 12.8. The van der Waals surface area contributed by atoms with Gasteiger partial charge in [0.15, 0.2) is 6.10 Å². The highest BCUT2D eigenvalue weighted by molar-refractivity contribution is 6.30. The molecule has 3 aromatic rings. The first-order valence-electron chi connectivity index (χ1n) is 13.9. The SMILES string of the molecule is Cc1ncc(-c2ccc(OCCc3cc(F)cc(Cl)c3)cn2)c(N2CCC(C)(C)CC2)c1[C@H](OC(C)(C)C)C(=O)O. The van der Waals surface area contributed by atoms with Crippen molar-refractivity contribution in [2.24, 2.45) is 5.41 Å². The summed E-state index contributed by atoms with van der Waals surface area (Å²) < 4.78 is 25.6. The van der Waals surface area contributed by atoms with Gasteiger partial charge in [0.25, 0.3) is 0 Å². The van der Waals surface area contributed by atoms with E-state index in [1.165, 1.54) is 12.1 Å². The first kappa shape index (κ1) is 30.7. The van der Waals surface area contributed by atoms with E-state index in [1.54, 1.807) is 18.5 Å². The molecule has 0 radical (unpaired) electrons. The molecule has 41 heavy (non-hydrogen) atoms. The van der Waals surface area contributed by atoms with Gasteiger partial charge in [-0.2, -0.15) is 0 Å². The number of pyridine rings is 2. The highest BCUT2D eigenvalue weighted by Gasteiger charge is 2.36. The summed E-state index contributed by atoms with van der Waals surface area (Å²) in [6.07, 6.45) is 4.65. The zero-order chi connectivity index (χ0) is 29.9. The maximum absolute atomic E-state index is 13.6. The molecule has 1 fully saturated rings. The fourth-order valence-corrected chi connectivity index (χ4v) is 5.28. The number of halogens is 2. The number of nitrogens with zero attached hydrogens (tertiary/aromatic N) is 3. The maximum atomic E-state index is 13.6. The third-order valence-corrected chi connectivity index (χ3v) is 7.49. The van der Waals surface area contributed by atoms with Gasteiger partial charge in [-0.1, -0.05) is 25.4 Å². The maximum Gasteiger partial charge on any atom is 0.337 e. The molecular formula is C32H39ClFN3O4. The molecule has 7 nitrogen and oxygen atoms in total. The number of benzene rings is 1. The number of hydrogen-bond donors (Lipinski definition) is 1. The van der Waals surface area contributed by atoms with Gasteiger partial charge < -0.3 is 19.5 Å². The zero-order valence-electron chi connectivity index (χ0n) is 24.6. The molecule has 0 saturated carbocycles. The fraction of sp³-hybridized carbons (Fsp3) is 0.469. The minimum atomic E-state index is -1.19. The summed E-state index contributed by atoms with van der Waals surface area (Å²) in [6, 6.07) is 8.10. The van der Waals surface area contributed by atoms with E-state index in [0.29, 0.717) is 40.8 Å². The molecule has 220 valence electrons. The van der Waals surface area contributed by atoms with E-state index in [4.69, 9.17) is 21.1 Å². The Morgan fingerprint density at radius 2 is 1.85 bits per heavy atom. The molecule has 0 bridgehead atoms. The van der Waals surface area contributed by atoms with Gasteiger partial charge in [-0.3, -0.25) is 9.97 Å². The van der Waals surface area contributed by atoms with Crippen LogP contribution in [0.5, 0.6) is 5.75 Å². The molecule has 0 spiro atoms. The van der Waals surface area contributed by atoms with E-state index in [-0.39, 0.29) is 11.2 Å². The van der Waals surface area contributed by atoms with Crippen molar-refractivity contribution in [3.05, 3.63) is 70.4 Å². The lowest BCUT2D eigenvalue weighted by molar-refractivity contribution is -0.160. The lowest BCUT2D eigenvalue weighted by Gasteiger charge is -2.40. The molecular weight excluding hydrogens is 545 g/mol. The van der Waals surface area contributed by atoms with Crippen molar-refractivity contribution in [2.45, 2.75) is 72.5 Å². The molecule has 2 aromatic heterocycles. The second-order valence-electron chi connectivity index (χ2n) is 12.4. The van der Waals surface area contributed by atoms with Crippen molar-refractivity contribution in [1.29, 1.82) is 0 Å². The Balaban J connectivity index is 1.66. The molecule has 4 rings (SSSR count). The Kier molecular flexibility index (Phi) is 9.24. The standard InChI is InChI=1S/C32H39ClFN3O4/c1-20-27(29(30(38)39)41-31(2,3)4)28(37-12-10-32(5,6)11-13-37)25(19-35-20)26-8-7-24(18-36-26)40-14-9-21-15-22(33)17-23(34)16-21/h7-8,15-19,29H,9-14H2,1-6H3,(H,38,39)/t29-/m0/s1. The molecule has 9 heteroatoms. The average molecular weight is 584 g/mol. The van der Waals surface area contributed by atoms with E-state index in [1.807, 2.05) is 39.8 Å². The van der Waals surface area contributed by atoms with E-state index in [9.17, 15) is 14.3 Å². The summed E-state index contributed by atoms with van der Waals surface area (Å²) in [7, 11) is 0. The molecule has 1 saturated heterocycles. The van der Waals surface area contributed by atoms with E-state index >= 15 is 0 Å². The van der Waals surface area contributed by atoms with Crippen molar-refractivity contribution in [2.75, 3.05) is 24.6 Å². The van der Waals surface area contributed by atoms with Crippen LogP contribution in [0.1, 0.15) is 70.4 Å². The van der Waals surface area contributed by atoms with Crippen LogP contribution in [-0.4, -0.2) is 46.3 Å². The van der Waals surface area contributed by atoms with Crippen LogP contribution >= 0.6 is 11.6 Å². The third kappa shape index (κ3) is 7.95. The van der Waals surface area contributed by atoms with Gasteiger partial charge in [0.1, 0.15) is 11.6 Å². The lowest BCUT2D eigenvalue weighted by Crippen LogP contribution is -2.39. The Hall–Kier alpha value is -3.23. The third-order valence-electron chi connectivity index (χ3n) is 7.27. The Bertz CT molecular complexity index is 1360. The molecule has 1 N–H and O–H groups in total. The van der Waals surface area contributed by atoms with Crippen LogP contribution in [0.2, 0.25) is 5.02 Å². The first-order chi connectivity index (χ1) is 19.2. The topological polar surface area (TPSA) is 84.8 Å². The molecule has 1 aliphatic rings. The molecule has 0 aliphatic carbocycles. The second kappa shape index (κ2) is 12.3. The Morgan fingerprint density at radius 3 is 2.44 bits per heavy atom. The number of aryl methyl sites for hydroxylation is 1. The number of aromatic nitrogens is 2. The van der Waals surface area contributed by atoms with E-state index in [2.05, 4.69) is 28.7 Å². The van der Waals surface area contributed by atoms with Crippen LogP contribution in [0, 0.1) is 18.2 Å². The van der Waals surface area contributed by atoms with Crippen molar-refractivity contribution in [3.63, 3.8) is 0 Å². The average Bonchev–Trinajstić information content (AvgIpc) is 2.87. The largest absolute Gasteiger partial charge is 0.492 e. The summed E-state index contributed by atoms with van der Waals surface area (Å²) in [4.78, 5) is 24.1. The number of hydrogen-bond acceptors (Lipinski definition) is 6. The monoisotopic (exact) mass is 583 g/mol. The quantitative estimate of drug-likeness (QED) is 0.280. The lowest BCUT2D eigenvalue weighted by atomic mass is 9.82. The van der Waals surface area contributed by atoms with Crippen LogP contribution in [0.4, 0.5) is 10.1 Å². The van der Waals surface area contributed by atoms with Crippen LogP contribution in [-0.2, 0) is 16.0 Å². The number of carboxylic acid groups (broad SMARTS) is 1. The van der Waals surface area contributed by atoms with Gasteiger partial charge in [-0.05, 0) is 81.8 Å². The van der Waals surface area contributed by atoms with Crippen LogP contribution in [0.25, 0.3) is 11.3 Å². The van der Waals surface area contributed by atoms with Crippen LogP contribution in [0.15, 0.2) is 42.7 Å². The molecule has 0 amide bonds. The molecule has 1 aliphatic heterocycles. The predicted molar refractivity (Wildman–Crippen MR) is 159 cm³/mol. The van der Waals surface area contributed by atoms with Gasteiger partial charge in [-0.25, -0.2) is 9.18 Å². The van der Waals surface area contributed by atoms with Crippen LogP contribution < -0.4 is 9.64 Å². The van der Waals surface area contributed by atoms with Gasteiger partial charge in [0, 0.05) is 47.6 Å². The van der Waals surface area contributed by atoms with Crippen molar-refractivity contribution in [1.82, 2.24) is 9.97 Å². The van der Waals surface area contributed by atoms with Crippen molar-refractivity contribution in [3.8, 4) is 17.0 Å². The van der Waals surface area contributed by atoms with Gasteiger partial charge in [-0.15, -0.1) is 0 Å². The van der Waals surface area contributed by atoms with Gasteiger partial charge >= 0.3 is 5.97 Å². The molecule has 1 aromatic carbocycles. The van der Waals surface area contributed by atoms with Crippen molar-refractivity contribution >= 4 is 23.3 Å². The predicted octanol–water partition coefficient (Wildman–Crippen LogP) is 7.43. The summed E-state index contributed by atoms with van der Waals surface area (Å²) in [6.45, 7) is 13.8.